The molecule has 8 heteroatoms. The zero-order chi connectivity index (χ0) is 20.8. The molecule has 0 atom stereocenters. The smallest absolute Gasteiger partial charge is 0.210 e. The molecule has 0 unspecified atom stereocenters. The molecule has 6 nitrogen and oxygen atoms in total. The molecular formula is C20H26N2O4S2. The van der Waals surface area contributed by atoms with E-state index in [-0.39, 0.29) is 29.4 Å². The summed E-state index contributed by atoms with van der Waals surface area (Å²) in [5.74, 6) is 0. The summed E-state index contributed by atoms with van der Waals surface area (Å²) in [6, 6.07) is 13.1. The number of nitrogens with zero attached hydrogens (tertiary/aromatic N) is 1. The van der Waals surface area contributed by atoms with E-state index in [1.54, 1.807) is 55.5 Å². The number of benzene rings is 2. The Labute approximate surface area is 168 Å². The lowest BCUT2D eigenvalue weighted by molar-refractivity contribution is 0.443. The Hall–Kier alpha value is -2.00. The fraction of sp³-hybridized carbons (Fsp3) is 0.300. The number of nitrogens with one attached hydrogen (secondary N) is 1. The molecule has 0 amide bonds. The van der Waals surface area contributed by atoms with E-state index in [1.807, 2.05) is 13.8 Å². The molecule has 2 aromatic rings. The number of hydrogen-bond acceptors (Lipinski definition) is 4. The normalized spacial score (nSPS) is 12.7. The Balaban J connectivity index is 2.14. The van der Waals surface area contributed by atoms with Crippen molar-refractivity contribution in [1.29, 1.82) is 0 Å². The van der Waals surface area contributed by atoms with Crippen molar-refractivity contribution in [2.24, 2.45) is 0 Å². The first-order valence-electron chi connectivity index (χ1n) is 8.91. The second-order valence-electron chi connectivity index (χ2n) is 6.46. The van der Waals surface area contributed by atoms with Crippen LogP contribution in [0.3, 0.4) is 0 Å². The minimum atomic E-state index is -3.73. The SMILES string of the molecule is C/C=C/CN(CCNS(=O)(=O)c1ccc(C)cc1)S(=O)(=O)c1ccc(C)cc1. The van der Waals surface area contributed by atoms with Crippen molar-refractivity contribution in [3.63, 3.8) is 0 Å². The maximum Gasteiger partial charge on any atom is 0.243 e. The predicted octanol–water partition coefficient (Wildman–Crippen LogP) is 2.85. The molecule has 0 aliphatic rings. The molecule has 0 aliphatic carbocycles. The Morgan fingerprint density at radius 2 is 1.36 bits per heavy atom. The van der Waals surface area contributed by atoms with Gasteiger partial charge in [-0.05, 0) is 45.0 Å². The Kier molecular flexibility index (Phi) is 7.54. The maximum absolute atomic E-state index is 12.9. The number of allylic oxidation sites excluding steroid dienone is 1. The van der Waals surface area contributed by atoms with E-state index in [2.05, 4.69) is 4.72 Å². The summed E-state index contributed by atoms with van der Waals surface area (Å²) in [6.07, 6.45) is 3.48. The van der Waals surface area contributed by atoms with Gasteiger partial charge in [-0.15, -0.1) is 0 Å². The van der Waals surface area contributed by atoms with E-state index < -0.39 is 20.0 Å². The predicted molar refractivity (Wildman–Crippen MR) is 111 cm³/mol. The summed E-state index contributed by atoms with van der Waals surface area (Å²) < 4.78 is 54.4. The van der Waals surface area contributed by atoms with Crippen LogP contribution in [0.25, 0.3) is 0 Å². The lowest BCUT2D eigenvalue weighted by Crippen LogP contribution is -2.38. The van der Waals surface area contributed by atoms with Crippen molar-refractivity contribution in [2.75, 3.05) is 19.6 Å². The number of sulfonamides is 2. The highest BCUT2D eigenvalue weighted by molar-refractivity contribution is 7.89. The number of rotatable bonds is 9. The molecule has 0 saturated carbocycles. The molecule has 0 spiro atoms. The van der Waals surface area contributed by atoms with Crippen LogP contribution in [0.5, 0.6) is 0 Å². The molecular weight excluding hydrogens is 396 g/mol. The first kappa shape index (κ1) is 22.3. The highest BCUT2D eigenvalue weighted by atomic mass is 32.2. The third kappa shape index (κ3) is 5.75. The van der Waals surface area contributed by atoms with Crippen LogP contribution in [-0.4, -0.2) is 40.8 Å². The first-order chi connectivity index (χ1) is 13.2. The molecule has 0 radical (unpaired) electrons. The van der Waals surface area contributed by atoms with Crippen molar-refractivity contribution in [3.05, 3.63) is 71.8 Å². The van der Waals surface area contributed by atoms with Crippen molar-refractivity contribution in [1.82, 2.24) is 9.03 Å². The van der Waals surface area contributed by atoms with Crippen LogP contribution < -0.4 is 4.72 Å². The van der Waals surface area contributed by atoms with Gasteiger partial charge in [-0.25, -0.2) is 21.6 Å². The summed E-state index contributed by atoms with van der Waals surface area (Å²) in [5.41, 5.74) is 1.92. The van der Waals surface area contributed by atoms with Crippen molar-refractivity contribution >= 4 is 20.0 Å². The van der Waals surface area contributed by atoms with E-state index in [0.29, 0.717) is 0 Å². The standard InChI is InChI=1S/C20H26N2O4S2/c1-4-5-15-22(28(25,26)20-12-8-18(3)9-13-20)16-14-21-27(23,24)19-10-6-17(2)7-11-19/h4-13,21H,14-16H2,1-3H3/b5-4+. The topological polar surface area (TPSA) is 83.6 Å². The van der Waals surface area contributed by atoms with Crippen LogP contribution in [0.4, 0.5) is 0 Å². The minimum Gasteiger partial charge on any atom is -0.210 e. The van der Waals surface area contributed by atoms with E-state index in [0.717, 1.165) is 11.1 Å². The van der Waals surface area contributed by atoms with Gasteiger partial charge >= 0.3 is 0 Å². The molecule has 28 heavy (non-hydrogen) atoms. The number of hydrogen-bond donors (Lipinski definition) is 1. The zero-order valence-corrected chi connectivity index (χ0v) is 17.9. The Bertz CT molecular complexity index is 1010. The maximum atomic E-state index is 12.9. The largest absolute Gasteiger partial charge is 0.243 e. The Morgan fingerprint density at radius 3 is 1.86 bits per heavy atom. The van der Waals surface area contributed by atoms with Crippen LogP contribution in [-0.2, 0) is 20.0 Å². The van der Waals surface area contributed by atoms with Crippen molar-refractivity contribution in [2.45, 2.75) is 30.6 Å². The molecule has 0 fully saturated rings. The average molecular weight is 423 g/mol. The summed E-state index contributed by atoms with van der Waals surface area (Å²) in [7, 11) is -7.43. The van der Waals surface area contributed by atoms with Crippen LogP contribution in [0, 0.1) is 13.8 Å². The molecule has 1 N–H and O–H groups in total. The van der Waals surface area contributed by atoms with Gasteiger partial charge in [0.25, 0.3) is 0 Å². The molecule has 2 aromatic carbocycles. The van der Waals surface area contributed by atoms with Gasteiger partial charge in [0.15, 0.2) is 0 Å². The lowest BCUT2D eigenvalue weighted by Gasteiger charge is -2.21. The third-order valence-electron chi connectivity index (χ3n) is 4.19. The van der Waals surface area contributed by atoms with Gasteiger partial charge in [0.1, 0.15) is 0 Å². The fourth-order valence-electron chi connectivity index (χ4n) is 2.50. The molecule has 0 heterocycles. The first-order valence-corrected chi connectivity index (χ1v) is 11.8. The summed E-state index contributed by atoms with van der Waals surface area (Å²) in [6.45, 7) is 5.72. The molecule has 0 aromatic heterocycles. The molecule has 152 valence electrons. The van der Waals surface area contributed by atoms with Crippen LogP contribution in [0.15, 0.2) is 70.5 Å². The fourth-order valence-corrected chi connectivity index (χ4v) is 4.91. The summed E-state index contributed by atoms with van der Waals surface area (Å²) in [4.78, 5) is 0.337. The van der Waals surface area contributed by atoms with E-state index in [4.69, 9.17) is 0 Å². The van der Waals surface area contributed by atoms with Gasteiger partial charge in [0, 0.05) is 19.6 Å². The monoisotopic (exact) mass is 422 g/mol. The zero-order valence-electron chi connectivity index (χ0n) is 16.3. The van der Waals surface area contributed by atoms with E-state index >= 15 is 0 Å². The van der Waals surface area contributed by atoms with Gasteiger partial charge in [-0.3, -0.25) is 0 Å². The van der Waals surface area contributed by atoms with Gasteiger partial charge in [-0.2, -0.15) is 4.31 Å². The van der Waals surface area contributed by atoms with Crippen LogP contribution in [0.1, 0.15) is 18.1 Å². The van der Waals surface area contributed by atoms with Crippen molar-refractivity contribution in [3.8, 4) is 0 Å². The third-order valence-corrected chi connectivity index (χ3v) is 7.54. The van der Waals surface area contributed by atoms with Gasteiger partial charge in [0.05, 0.1) is 9.79 Å². The summed E-state index contributed by atoms with van der Waals surface area (Å²) >= 11 is 0. The minimum absolute atomic E-state index is 0.0195. The second kappa shape index (κ2) is 9.47. The lowest BCUT2D eigenvalue weighted by atomic mass is 10.2. The summed E-state index contributed by atoms with van der Waals surface area (Å²) in [5, 5.41) is 0. The van der Waals surface area contributed by atoms with Crippen molar-refractivity contribution < 1.29 is 16.8 Å². The van der Waals surface area contributed by atoms with Gasteiger partial charge < -0.3 is 0 Å². The molecule has 0 saturated heterocycles. The Morgan fingerprint density at radius 1 is 0.857 bits per heavy atom. The van der Waals surface area contributed by atoms with E-state index in [9.17, 15) is 16.8 Å². The van der Waals surface area contributed by atoms with Crippen LogP contribution >= 0.6 is 0 Å². The highest BCUT2D eigenvalue weighted by Crippen LogP contribution is 2.16. The molecule has 0 bridgehead atoms. The highest BCUT2D eigenvalue weighted by Gasteiger charge is 2.24. The average Bonchev–Trinajstić information content (AvgIpc) is 2.65. The van der Waals surface area contributed by atoms with Crippen LogP contribution in [0.2, 0.25) is 0 Å². The van der Waals surface area contributed by atoms with Gasteiger partial charge in [-0.1, -0.05) is 47.5 Å². The second-order valence-corrected chi connectivity index (χ2v) is 10.2. The van der Waals surface area contributed by atoms with E-state index in [1.165, 1.54) is 16.4 Å². The quantitative estimate of drug-likeness (QED) is 0.630. The van der Waals surface area contributed by atoms with Gasteiger partial charge in [0.2, 0.25) is 20.0 Å². The molecule has 2 rings (SSSR count). The number of aryl methyl sites for hydroxylation is 2. The molecule has 0 aliphatic heterocycles.